The van der Waals surface area contributed by atoms with E-state index in [4.69, 9.17) is 33.3 Å². The van der Waals surface area contributed by atoms with Crippen LogP contribution in [0.2, 0.25) is 10.0 Å². The Kier molecular flexibility index (Phi) is 6.71. The van der Waals surface area contributed by atoms with Crippen molar-refractivity contribution >= 4 is 34.7 Å². The zero-order chi connectivity index (χ0) is 26.5. The van der Waals surface area contributed by atoms with E-state index in [1.165, 1.54) is 24.3 Å². The molecule has 0 bridgehead atoms. The highest BCUT2D eigenvalue weighted by atomic mass is 35.5. The van der Waals surface area contributed by atoms with E-state index in [0.717, 1.165) is 18.2 Å². The molecule has 1 atom stereocenters. The fraction of sp³-hybridized carbons (Fsp3) is 0.333. The minimum absolute atomic E-state index is 0.00162. The molecule has 2 aromatic carbocycles. The van der Waals surface area contributed by atoms with E-state index in [2.05, 4.69) is 10.5 Å². The molecule has 0 radical (unpaired) electrons. The summed E-state index contributed by atoms with van der Waals surface area (Å²) in [7, 11) is 0. The Labute approximate surface area is 213 Å². The lowest BCUT2D eigenvalue weighted by Gasteiger charge is -2.47. The molecule has 1 N–H and O–H groups in total. The molecule has 0 aliphatic carbocycles. The van der Waals surface area contributed by atoms with Gasteiger partial charge in [0.2, 0.25) is 11.8 Å². The number of hydroxylamine groups is 1. The van der Waals surface area contributed by atoms with Gasteiger partial charge in [-0.15, -0.1) is 0 Å². The van der Waals surface area contributed by atoms with Crippen LogP contribution in [0.25, 0.3) is 5.70 Å². The van der Waals surface area contributed by atoms with Crippen molar-refractivity contribution in [3.8, 4) is 6.19 Å². The Balaban J connectivity index is 1.61. The first-order valence-electron chi connectivity index (χ1n) is 10.7. The summed E-state index contributed by atoms with van der Waals surface area (Å²) in [5, 5.41) is 7.69. The summed E-state index contributed by atoms with van der Waals surface area (Å²) >= 11 is 11.4. The second-order valence-corrected chi connectivity index (χ2v) is 9.69. The minimum atomic E-state index is -4.95. The lowest BCUT2D eigenvalue weighted by Crippen LogP contribution is -2.59. The molecule has 2 aromatic rings. The van der Waals surface area contributed by atoms with E-state index in [1.807, 2.05) is 13.8 Å². The molecule has 5 nitrogen and oxygen atoms in total. The van der Waals surface area contributed by atoms with Crippen LogP contribution in [0.3, 0.4) is 0 Å². The summed E-state index contributed by atoms with van der Waals surface area (Å²) in [6.45, 7) is 3.70. The van der Waals surface area contributed by atoms with Crippen molar-refractivity contribution in [1.29, 1.82) is 5.26 Å². The first-order chi connectivity index (χ1) is 16.8. The van der Waals surface area contributed by atoms with Gasteiger partial charge in [-0.1, -0.05) is 61.3 Å². The number of nitriles is 1. The lowest BCUT2D eigenvalue weighted by molar-refractivity contribution is -0.269. The van der Waals surface area contributed by atoms with Gasteiger partial charge in [0.25, 0.3) is 0 Å². The third-order valence-electron chi connectivity index (χ3n) is 6.10. The molecule has 0 spiro atoms. The summed E-state index contributed by atoms with van der Waals surface area (Å²) in [6, 6.07) is 7.49. The number of alkyl halides is 4. The number of aliphatic imine (C=N–C) groups is 1. The molecule has 12 heteroatoms. The molecule has 1 saturated heterocycles. The molecule has 1 fully saturated rings. The van der Waals surface area contributed by atoms with Gasteiger partial charge in [0.05, 0.1) is 28.8 Å². The predicted molar refractivity (Wildman–Crippen MR) is 125 cm³/mol. The Morgan fingerprint density at radius 3 is 2.22 bits per heavy atom. The Morgan fingerprint density at radius 2 is 1.72 bits per heavy atom. The van der Waals surface area contributed by atoms with Crippen molar-refractivity contribution in [3.05, 3.63) is 75.0 Å². The molecule has 2 heterocycles. The maximum Gasteiger partial charge on any atom is 0.428 e. The second-order valence-electron chi connectivity index (χ2n) is 8.87. The maximum atomic E-state index is 15.4. The Morgan fingerprint density at radius 1 is 1.14 bits per heavy atom. The van der Waals surface area contributed by atoms with E-state index in [9.17, 15) is 17.6 Å². The van der Waals surface area contributed by atoms with Gasteiger partial charge in [-0.05, 0) is 29.3 Å². The monoisotopic (exact) mass is 544 g/mol. The number of hydrogen-bond donors (Lipinski definition) is 1. The first kappa shape index (κ1) is 26.2. The highest BCUT2D eigenvalue weighted by Crippen LogP contribution is 2.49. The van der Waals surface area contributed by atoms with Crippen LogP contribution in [0, 0.1) is 23.2 Å². The third-order valence-corrected chi connectivity index (χ3v) is 6.65. The highest BCUT2D eigenvalue weighted by Gasteiger charge is 2.60. The summed E-state index contributed by atoms with van der Waals surface area (Å²) in [5.74, 6) is -0.611. The van der Waals surface area contributed by atoms with Crippen molar-refractivity contribution in [2.75, 3.05) is 13.1 Å². The molecular formula is C24H19Cl2F5N4O. The van der Waals surface area contributed by atoms with Crippen LogP contribution in [0.5, 0.6) is 0 Å². The van der Waals surface area contributed by atoms with E-state index < -0.39 is 38.9 Å². The molecule has 0 saturated carbocycles. The zero-order valence-electron chi connectivity index (χ0n) is 18.9. The number of nitrogens with zero attached hydrogens (tertiary/aromatic N) is 3. The first-order valence-corrected chi connectivity index (χ1v) is 11.5. The molecule has 0 aromatic heterocycles. The quantitative estimate of drug-likeness (QED) is 0.157. The Hall–Kier alpha value is -2.87. The molecule has 2 aliphatic rings. The van der Waals surface area contributed by atoms with Crippen LogP contribution in [0.4, 0.5) is 22.0 Å². The maximum absolute atomic E-state index is 15.4. The average Bonchev–Trinajstić information content (AvgIpc) is 3.26. The molecule has 36 heavy (non-hydrogen) atoms. The van der Waals surface area contributed by atoms with Gasteiger partial charge in [0.15, 0.2) is 11.5 Å². The SMILES string of the molecule is CC(C)C(=NC#N)N1CC(F)(c2ccc(C3=CC(c4cc(Cl)c(F)c(Cl)c4)(C(F)(F)F)ON3)cc2)C1. The van der Waals surface area contributed by atoms with E-state index in [0.29, 0.717) is 17.0 Å². The summed E-state index contributed by atoms with van der Waals surface area (Å²) in [4.78, 5) is 10.4. The third kappa shape index (κ3) is 4.40. The van der Waals surface area contributed by atoms with Crippen LogP contribution in [0.15, 0.2) is 47.5 Å². The molecule has 4 rings (SSSR count). The van der Waals surface area contributed by atoms with Crippen molar-refractivity contribution in [3.63, 3.8) is 0 Å². The predicted octanol–water partition coefficient (Wildman–Crippen LogP) is 6.48. The topological polar surface area (TPSA) is 60.7 Å². The fourth-order valence-corrected chi connectivity index (χ4v) is 4.71. The van der Waals surface area contributed by atoms with Gasteiger partial charge in [-0.25, -0.2) is 8.78 Å². The molecule has 0 amide bonds. The number of halogens is 7. The molecular weight excluding hydrogens is 526 g/mol. The van der Waals surface area contributed by atoms with E-state index in [1.54, 1.807) is 11.1 Å². The number of benzene rings is 2. The van der Waals surface area contributed by atoms with Gasteiger partial charge in [-0.2, -0.15) is 23.4 Å². The van der Waals surface area contributed by atoms with Crippen LogP contribution < -0.4 is 5.48 Å². The standard InChI is InChI=1S/C24H19Cl2F5N4O/c1-13(2)21(33-12-32)35-10-22(28,11-35)15-5-3-14(4-6-15)19-9-23(36-34-19,24(29,30)31)16-7-17(25)20(27)18(26)8-16/h3-9,13,34H,10-11H2,1-2H3. The molecule has 2 aliphatic heterocycles. The molecule has 1 unspecified atom stereocenters. The van der Waals surface area contributed by atoms with Crippen molar-refractivity contribution < 1.29 is 26.8 Å². The van der Waals surface area contributed by atoms with Gasteiger partial charge >= 0.3 is 6.18 Å². The van der Waals surface area contributed by atoms with Crippen molar-refractivity contribution in [2.45, 2.75) is 31.3 Å². The lowest BCUT2D eigenvalue weighted by atomic mass is 9.86. The number of likely N-dealkylation sites (tertiary alicyclic amines) is 1. The summed E-state index contributed by atoms with van der Waals surface area (Å²) < 4.78 is 71.7. The van der Waals surface area contributed by atoms with Crippen molar-refractivity contribution in [2.24, 2.45) is 10.9 Å². The number of amidine groups is 1. The highest BCUT2D eigenvalue weighted by molar-refractivity contribution is 6.35. The van der Waals surface area contributed by atoms with Crippen LogP contribution >= 0.6 is 23.2 Å². The van der Waals surface area contributed by atoms with Crippen molar-refractivity contribution in [1.82, 2.24) is 10.4 Å². The Bertz CT molecular complexity index is 1260. The average molecular weight is 545 g/mol. The largest absolute Gasteiger partial charge is 0.428 e. The number of nitrogens with one attached hydrogen (secondary N) is 1. The molecule has 190 valence electrons. The van der Waals surface area contributed by atoms with E-state index in [-0.39, 0.29) is 24.7 Å². The summed E-state index contributed by atoms with van der Waals surface area (Å²) in [5.41, 5.74) is -2.31. The smallest absolute Gasteiger partial charge is 0.352 e. The summed E-state index contributed by atoms with van der Waals surface area (Å²) in [6.07, 6.45) is -2.43. The van der Waals surface area contributed by atoms with Gasteiger partial charge < -0.3 is 4.90 Å². The zero-order valence-corrected chi connectivity index (χ0v) is 20.4. The van der Waals surface area contributed by atoms with Crippen LogP contribution in [-0.4, -0.2) is 30.0 Å². The number of hydrogen-bond acceptors (Lipinski definition) is 4. The normalized spacial score (nSPS) is 21.6. The van der Waals surface area contributed by atoms with E-state index >= 15 is 4.39 Å². The minimum Gasteiger partial charge on any atom is -0.352 e. The van der Waals surface area contributed by atoms with Gasteiger partial charge in [0.1, 0.15) is 5.84 Å². The number of rotatable bonds is 4. The van der Waals surface area contributed by atoms with Gasteiger partial charge in [-0.3, -0.25) is 10.3 Å². The fourth-order valence-electron chi connectivity index (χ4n) is 4.22. The van der Waals surface area contributed by atoms with Crippen LogP contribution in [0.1, 0.15) is 30.5 Å². The second kappa shape index (κ2) is 9.21. The van der Waals surface area contributed by atoms with Gasteiger partial charge in [0, 0.05) is 11.5 Å². The van der Waals surface area contributed by atoms with Crippen LogP contribution in [-0.2, 0) is 16.1 Å².